The number of nitrogens with zero attached hydrogens (tertiary/aromatic N) is 5. The lowest BCUT2D eigenvalue weighted by Crippen LogP contribution is -2.65. The van der Waals surface area contributed by atoms with E-state index in [1.165, 1.54) is 16.8 Å². The minimum absolute atomic E-state index is 0.0820. The van der Waals surface area contributed by atoms with E-state index in [4.69, 9.17) is 4.99 Å². The van der Waals surface area contributed by atoms with Crippen LogP contribution in [0.1, 0.15) is 38.3 Å². The quantitative estimate of drug-likeness (QED) is 0.617. The van der Waals surface area contributed by atoms with Gasteiger partial charge in [-0.25, -0.2) is 0 Å². The number of benzene rings is 2. The van der Waals surface area contributed by atoms with Gasteiger partial charge >= 0.3 is 0 Å². The van der Waals surface area contributed by atoms with Crippen molar-refractivity contribution >= 4 is 23.0 Å². The van der Waals surface area contributed by atoms with Gasteiger partial charge in [-0.15, -0.1) is 0 Å². The molecule has 1 saturated heterocycles. The number of hydrogen-bond donors (Lipinski definition) is 1. The van der Waals surface area contributed by atoms with Crippen molar-refractivity contribution < 1.29 is 0 Å². The molecule has 0 aliphatic carbocycles. The van der Waals surface area contributed by atoms with E-state index in [2.05, 4.69) is 122 Å². The Balaban J connectivity index is 1.76. The molecule has 2 atom stereocenters. The average Bonchev–Trinajstić information content (AvgIpc) is 3.14. The molecule has 2 aromatic rings. The first-order valence-electron chi connectivity index (χ1n) is 12.5. The molecule has 0 spiro atoms. The van der Waals surface area contributed by atoms with E-state index in [-0.39, 0.29) is 17.0 Å². The van der Waals surface area contributed by atoms with Gasteiger partial charge in [-0.1, -0.05) is 57.2 Å². The van der Waals surface area contributed by atoms with Gasteiger partial charge in [0.1, 0.15) is 6.17 Å². The second-order valence-electron chi connectivity index (χ2n) is 10.3. The smallest absolute Gasteiger partial charge is 0.173 e. The summed E-state index contributed by atoms with van der Waals surface area (Å²) in [4.78, 5) is 16.5. The first-order valence-corrected chi connectivity index (χ1v) is 12.5. The van der Waals surface area contributed by atoms with Crippen molar-refractivity contribution in [2.24, 2.45) is 15.4 Å². The van der Waals surface area contributed by atoms with Crippen molar-refractivity contribution in [3.05, 3.63) is 72.1 Å². The first-order chi connectivity index (χ1) is 16.7. The Morgan fingerprint density at radius 2 is 1.69 bits per heavy atom. The molecule has 6 nitrogen and oxygen atoms in total. The number of nitrogens with one attached hydrogen (secondary N) is 1. The molecule has 0 radical (unpaired) electrons. The van der Waals surface area contributed by atoms with E-state index >= 15 is 0 Å². The summed E-state index contributed by atoms with van der Waals surface area (Å²) in [5, 5.41) is 3.45. The molecule has 2 aliphatic heterocycles. The van der Waals surface area contributed by atoms with E-state index in [0.717, 1.165) is 30.3 Å². The van der Waals surface area contributed by atoms with Crippen LogP contribution in [0, 0.1) is 12.3 Å². The fourth-order valence-electron chi connectivity index (χ4n) is 6.31. The molecule has 6 heteroatoms. The molecule has 2 heterocycles. The highest BCUT2D eigenvalue weighted by molar-refractivity contribution is 6.47. The van der Waals surface area contributed by atoms with Crippen molar-refractivity contribution in [1.82, 2.24) is 9.80 Å². The van der Waals surface area contributed by atoms with Crippen molar-refractivity contribution in [2.75, 3.05) is 45.0 Å². The van der Waals surface area contributed by atoms with Crippen molar-refractivity contribution in [1.29, 1.82) is 0 Å². The van der Waals surface area contributed by atoms with E-state index < -0.39 is 0 Å². The Morgan fingerprint density at radius 1 is 1.03 bits per heavy atom. The van der Waals surface area contributed by atoms with Gasteiger partial charge in [0.25, 0.3) is 0 Å². The maximum Gasteiger partial charge on any atom is 0.173 e. The normalized spacial score (nSPS) is 25.3. The zero-order valence-electron chi connectivity index (χ0n) is 22.5. The molecule has 186 valence electrons. The predicted molar refractivity (Wildman–Crippen MR) is 150 cm³/mol. The second-order valence-corrected chi connectivity index (χ2v) is 10.3. The first kappa shape index (κ1) is 24.8. The minimum Gasteiger partial charge on any atom is -0.379 e. The number of likely N-dealkylation sites (N-methyl/N-ethyl adjacent to an activating group) is 1. The van der Waals surface area contributed by atoms with Gasteiger partial charge in [0, 0.05) is 69.3 Å². The molecule has 4 rings (SSSR count). The zero-order chi connectivity index (χ0) is 25.4. The van der Waals surface area contributed by atoms with Gasteiger partial charge in [-0.2, -0.15) is 0 Å². The molecular formula is C29H40N6. The summed E-state index contributed by atoms with van der Waals surface area (Å²) >= 11 is 0. The van der Waals surface area contributed by atoms with Gasteiger partial charge in [-0.05, 0) is 36.6 Å². The van der Waals surface area contributed by atoms with Gasteiger partial charge in [0.15, 0.2) is 11.7 Å². The number of anilines is 2. The van der Waals surface area contributed by atoms with Crippen LogP contribution in [0.2, 0.25) is 0 Å². The maximum atomic E-state index is 4.72. The van der Waals surface area contributed by atoms with E-state index in [1.54, 1.807) is 0 Å². The van der Waals surface area contributed by atoms with Crippen LogP contribution in [0.4, 0.5) is 11.4 Å². The highest BCUT2D eigenvalue weighted by Crippen LogP contribution is 2.57. The lowest BCUT2D eigenvalue weighted by molar-refractivity contribution is 0.0213. The fourth-order valence-corrected chi connectivity index (χ4v) is 6.31. The van der Waals surface area contributed by atoms with Gasteiger partial charge < -0.3 is 20.0 Å². The number of para-hydroxylation sites is 2. The van der Waals surface area contributed by atoms with Crippen LogP contribution in [0.15, 0.2) is 70.9 Å². The molecule has 2 aliphatic rings. The molecule has 0 bridgehead atoms. The number of amidine groups is 2. The average molecular weight is 473 g/mol. The number of aryl methyl sites for hydroxylation is 1. The number of fused-ring (bicyclic) bond motifs is 3. The Kier molecular flexibility index (Phi) is 6.67. The van der Waals surface area contributed by atoms with Crippen LogP contribution in [0.5, 0.6) is 0 Å². The number of hydrogen-bond acceptors (Lipinski definition) is 4. The summed E-state index contributed by atoms with van der Waals surface area (Å²) in [6.07, 6.45) is 5.32. The zero-order valence-corrected chi connectivity index (χ0v) is 22.5. The largest absolute Gasteiger partial charge is 0.379 e. The SMILES string of the molecule is CCC1(CN(C)/C=C\Nc2ccccc2C)C2N(C)C(=N/C)/C(=N\C)N2c2ccccc2C1(C)C. The summed E-state index contributed by atoms with van der Waals surface area (Å²) in [5.74, 6) is 1.89. The van der Waals surface area contributed by atoms with Crippen LogP contribution in [0.25, 0.3) is 0 Å². The summed E-state index contributed by atoms with van der Waals surface area (Å²) in [6.45, 7) is 10.2. The Labute approximate surface area is 211 Å². The van der Waals surface area contributed by atoms with E-state index in [9.17, 15) is 0 Å². The third-order valence-electron chi connectivity index (χ3n) is 8.25. The van der Waals surface area contributed by atoms with Gasteiger partial charge in [-0.3, -0.25) is 9.98 Å². The molecule has 2 unspecified atom stereocenters. The third-order valence-corrected chi connectivity index (χ3v) is 8.25. The maximum absolute atomic E-state index is 4.72. The number of aliphatic imine (C=N–C) groups is 2. The van der Waals surface area contributed by atoms with Crippen LogP contribution in [-0.4, -0.2) is 62.4 Å². The summed E-state index contributed by atoms with van der Waals surface area (Å²) < 4.78 is 0. The molecule has 35 heavy (non-hydrogen) atoms. The van der Waals surface area contributed by atoms with Gasteiger partial charge in [0.2, 0.25) is 0 Å². The minimum atomic E-state index is -0.0970. The lowest BCUT2D eigenvalue weighted by atomic mass is 9.56. The highest BCUT2D eigenvalue weighted by Gasteiger charge is 2.62. The topological polar surface area (TPSA) is 46.5 Å². The van der Waals surface area contributed by atoms with E-state index in [0.29, 0.717) is 0 Å². The standard InChI is InChI=1S/C29H40N6/c1-9-29(20-33(7)19-18-32-23-16-12-10-14-21(23)2)27-34(8)25(30-5)26(31-6)35(27)24-17-13-11-15-22(24)28(29,3)4/h10-19,27,32H,9,20H2,1-8H3/b19-18-,30-25+,31-26+. The Morgan fingerprint density at radius 3 is 2.34 bits per heavy atom. The van der Waals surface area contributed by atoms with Crippen molar-refractivity contribution in [3.63, 3.8) is 0 Å². The predicted octanol–water partition coefficient (Wildman–Crippen LogP) is 5.33. The summed E-state index contributed by atoms with van der Waals surface area (Å²) in [6, 6.07) is 17.2. The van der Waals surface area contributed by atoms with Crippen LogP contribution in [0.3, 0.4) is 0 Å². The lowest BCUT2D eigenvalue weighted by Gasteiger charge is -2.59. The molecule has 1 fully saturated rings. The van der Waals surface area contributed by atoms with Gasteiger partial charge in [0.05, 0.1) is 0 Å². The molecule has 0 saturated carbocycles. The molecule has 2 aromatic carbocycles. The number of rotatable bonds is 6. The summed E-state index contributed by atoms with van der Waals surface area (Å²) in [7, 11) is 8.08. The second kappa shape index (κ2) is 9.40. The fraction of sp³-hybridized carbons (Fsp3) is 0.448. The molecule has 1 N–H and O–H groups in total. The molecule has 0 amide bonds. The third kappa shape index (κ3) is 3.79. The highest BCUT2D eigenvalue weighted by atomic mass is 15.5. The van der Waals surface area contributed by atoms with Crippen molar-refractivity contribution in [3.8, 4) is 0 Å². The summed E-state index contributed by atoms with van der Waals surface area (Å²) in [5.41, 5.74) is 4.78. The molecular weight excluding hydrogens is 432 g/mol. The van der Waals surface area contributed by atoms with Crippen LogP contribution in [-0.2, 0) is 5.41 Å². The Bertz CT molecular complexity index is 1160. The molecule has 0 aromatic heterocycles. The van der Waals surface area contributed by atoms with Crippen LogP contribution >= 0.6 is 0 Å². The monoisotopic (exact) mass is 472 g/mol. The Hall–Kier alpha value is -3.28. The van der Waals surface area contributed by atoms with E-state index in [1.807, 2.05) is 20.3 Å². The van der Waals surface area contributed by atoms with Crippen molar-refractivity contribution in [2.45, 2.75) is 45.7 Å². The van der Waals surface area contributed by atoms with Crippen LogP contribution < -0.4 is 10.2 Å².